The average Bonchev–Trinajstić information content (AvgIpc) is 2.72. The third-order valence-corrected chi connectivity index (χ3v) is 4.55. The molecule has 1 heterocycles. The highest BCUT2D eigenvalue weighted by molar-refractivity contribution is 9.10. The van der Waals surface area contributed by atoms with Crippen LogP contribution < -0.4 is 10.6 Å². The van der Waals surface area contributed by atoms with Crippen molar-refractivity contribution in [3.63, 3.8) is 0 Å². The van der Waals surface area contributed by atoms with Crippen LogP contribution >= 0.6 is 27.5 Å². The molecule has 0 amide bonds. The Hall–Kier alpha value is -3.46. The van der Waals surface area contributed by atoms with Crippen molar-refractivity contribution in [2.24, 2.45) is 0 Å². The smallest absolute Gasteiger partial charge is 0.229 e. The van der Waals surface area contributed by atoms with Gasteiger partial charge in [0.2, 0.25) is 5.95 Å². The molecule has 1 aromatic heterocycles. The van der Waals surface area contributed by atoms with E-state index in [1.165, 1.54) is 30.5 Å². The van der Waals surface area contributed by atoms with E-state index in [1.807, 2.05) is 12.1 Å². The number of anilines is 4. The van der Waals surface area contributed by atoms with Gasteiger partial charge in [0, 0.05) is 18.0 Å². The van der Waals surface area contributed by atoms with Crippen LogP contribution in [0, 0.1) is 28.5 Å². The zero-order valence-corrected chi connectivity index (χ0v) is 17.0. The fourth-order valence-corrected chi connectivity index (χ4v) is 2.89. The Morgan fingerprint density at radius 2 is 1.90 bits per heavy atom. The van der Waals surface area contributed by atoms with Gasteiger partial charge in [0.1, 0.15) is 5.82 Å². The Balaban J connectivity index is 1.86. The minimum Gasteiger partial charge on any atom is -0.336 e. The molecular weight excluding hydrogens is 459 g/mol. The quantitative estimate of drug-likeness (QED) is 0.450. The van der Waals surface area contributed by atoms with E-state index < -0.39 is 5.82 Å². The number of benzene rings is 2. The average molecular weight is 470 g/mol. The van der Waals surface area contributed by atoms with Gasteiger partial charge in [0.05, 0.1) is 32.9 Å². The van der Waals surface area contributed by atoms with Gasteiger partial charge < -0.3 is 10.6 Å². The zero-order valence-electron chi connectivity index (χ0n) is 14.6. The molecule has 3 aromatic rings. The summed E-state index contributed by atoms with van der Waals surface area (Å²) < 4.78 is 15.0. The fraction of sp³-hybridized carbons (Fsp3) is 0. The van der Waals surface area contributed by atoms with E-state index in [-0.39, 0.29) is 16.7 Å². The van der Waals surface area contributed by atoms with E-state index in [4.69, 9.17) is 22.1 Å². The van der Waals surface area contributed by atoms with Crippen LogP contribution in [0.1, 0.15) is 11.1 Å². The van der Waals surface area contributed by atoms with Crippen molar-refractivity contribution in [1.82, 2.24) is 9.97 Å². The lowest BCUT2D eigenvalue weighted by Crippen LogP contribution is -2.03. The summed E-state index contributed by atoms with van der Waals surface area (Å²) in [5, 5.41) is 23.5. The molecule has 0 saturated heterocycles. The second-order valence-corrected chi connectivity index (χ2v) is 6.91. The highest BCUT2D eigenvalue weighted by Gasteiger charge is 2.13. The van der Waals surface area contributed by atoms with Crippen molar-refractivity contribution < 1.29 is 4.39 Å². The third-order valence-electron chi connectivity index (χ3n) is 3.67. The lowest BCUT2D eigenvalue weighted by atomic mass is 10.2. The van der Waals surface area contributed by atoms with Crippen molar-refractivity contribution in [1.29, 1.82) is 10.5 Å². The number of nitrogens with one attached hydrogen (secondary N) is 2. The van der Waals surface area contributed by atoms with Crippen LogP contribution in [-0.4, -0.2) is 9.97 Å². The molecule has 0 aliphatic heterocycles. The summed E-state index contributed by atoms with van der Waals surface area (Å²) in [6.07, 6.45) is 4.20. The molecule has 0 aliphatic carbocycles. The molecule has 0 fully saturated rings. The Kier molecular flexibility index (Phi) is 6.40. The van der Waals surface area contributed by atoms with E-state index in [2.05, 4.69) is 36.5 Å². The first kappa shape index (κ1) is 20.3. The summed E-state index contributed by atoms with van der Waals surface area (Å²) >= 11 is 9.52. The Labute approximate surface area is 179 Å². The Morgan fingerprint density at radius 1 is 1.14 bits per heavy atom. The van der Waals surface area contributed by atoms with Gasteiger partial charge in [0.15, 0.2) is 5.82 Å². The SMILES string of the molecule is N#CC=Cc1cc(F)c(Nc2nc(Nc3ccc(C#N)cc3)ncc2Br)c(Cl)c1. The summed E-state index contributed by atoms with van der Waals surface area (Å²) in [5.74, 6) is -0.0232. The van der Waals surface area contributed by atoms with Crippen molar-refractivity contribution in [3.05, 3.63) is 75.1 Å². The summed E-state index contributed by atoms with van der Waals surface area (Å²) in [4.78, 5) is 8.50. The van der Waals surface area contributed by atoms with E-state index in [0.717, 1.165) is 0 Å². The molecule has 0 spiro atoms. The highest BCUT2D eigenvalue weighted by Crippen LogP contribution is 2.32. The van der Waals surface area contributed by atoms with Crippen LogP contribution in [0.15, 0.2) is 53.1 Å². The first-order chi connectivity index (χ1) is 14.0. The van der Waals surface area contributed by atoms with Crippen LogP contribution in [0.4, 0.5) is 27.5 Å². The lowest BCUT2D eigenvalue weighted by molar-refractivity contribution is 0.631. The Morgan fingerprint density at radius 3 is 2.55 bits per heavy atom. The molecule has 0 aliphatic rings. The predicted octanol–water partition coefficient (Wildman–Crippen LogP) is 5.93. The van der Waals surface area contributed by atoms with Crippen LogP contribution in [0.25, 0.3) is 6.08 Å². The number of nitrogens with zero attached hydrogens (tertiary/aromatic N) is 4. The van der Waals surface area contributed by atoms with Crippen LogP contribution in [0.2, 0.25) is 5.02 Å². The minimum absolute atomic E-state index is 0.0458. The Bertz CT molecular complexity index is 1140. The van der Waals surface area contributed by atoms with Crippen molar-refractivity contribution in [3.8, 4) is 12.1 Å². The highest BCUT2D eigenvalue weighted by atomic mass is 79.9. The van der Waals surface area contributed by atoms with Crippen molar-refractivity contribution in [2.45, 2.75) is 0 Å². The van der Waals surface area contributed by atoms with Gasteiger partial charge in [-0.1, -0.05) is 11.6 Å². The molecule has 2 N–H and O–H groups in total. The minimum atomic E-state index is -0.595. The van der Waals surface area contributed by atoms with E-state index in [0.29, 0.717) is 27.1 Å². The predicted molar refractivity (Wildman–Crippen MR) is 114 cm³/mol. The maximum atomic E-state index is 14.5. The molecule has 0 saturated carbocycles. The number of aromatic nitrogens is 2. The van der Waals surface area contributed by atoms with Crippen LogP contribution in [0.3, 0.4) is 0 Å². The van der Waals surface area contributed by atoms with Crippen LogP contribution in [0.5, 0.6) is 0 Å². The van der Waals surface area contributed by atoms with Crippen molar-refractivity contribution >= 4 is 56.7 Å². The largest absolute Gasteiger partial charge is 0.336 e. The van der Waals surface area contributed by atoms with Crippen molar-refractivity contribution in [2.75, 3.05) is 10.6 Å². The summed E-state index contributed by atoms with van der Waals surface area (Å²) in [5.41, 5.74) is 1.73. The first-order valence-corrected chi connectivity index (χ1v) is 9.29. The molecule has 9 heteroatoms. The van der Waals surface area contributed by atoms with Gasteiger partial charge in [-0.3, -0.25) is 0 Å². The number of allylic oxidation sites excluding steroid dienone is 1. The molecule has 0 bridgehead atoms. The van der Waals surface area contributed by atoms with Gasteiger partial charge >= 0.3 is 0 Å². The molecule has 3 rings (SSSR count). The lowest BCUT2D eigenvalue weighted by Gasteiger charge is -2.13. The number of halogens is 3. The molecule has 6 nitrogen and oxygen atoms in total. The van der Waals surface area contributed by atoms with Gasteiger partial charge in [-0.15, -0.1) is 0 Å². The molecule has 142 valence electrons. The summed E-state index contributed by atoms with van der Waals surface area (Å²) in [6.45, 7) is 0. The van der Waals surface area contributed by atoms with Gasteiger partial charge in [-0.25, -0.2) is 9.37 Å². The standard InChI is InChI=1S/C20H11BrClFN6/c21-15-11-26-20(27-14-5-3-12(10-25)4-6-14)29-19(15)28-18-16(22)8-13(2-1-7-24)9-17(18)23/h1-6,8-9,11H,(H2,26,27,28,29). The number of hydrogen-bond acceptors (Lipinski definition) is 6. The second-order valence-electron chi connectivity index (χ2n) is 5.65. The molecular formula is C20H11BrClFN6. The maximum absolute atomic E-state index is 14.5. The molecule has 0 unspecified atom stereocenters. The fourth-order valence-electron chi connectivity index (χ4n) is 2.33. The first-order valence-electron chi connectivity index (χ1n) is 8.12. The van der Waals surface area contributed by atoms with E-state index >= 15 is 0 Å². The topological polar surface area (TPSA) is 97.4 Å². The molecule has 0 atom stereocenters. The zero-order chi connectivity index (χ0) is 20.8. The molecule has 29 heavy (non-hydrogen) atoms. The molecule has 0 radical (unpaired) electrons. The van der Waals surface area contributed by atoms with Gasteiger partial charge in [-0.05, 0) is 64.0 Å². The summed E-state index contributed by atoms with van der Waals surface area (Å²) in [6, 6.07) is 13.5. The number of rotatable bonds is 5. The normalized spacial score (nSPS) is 10.4. The van der Waals surface area contributed by atoms with E-state index in [9.17, 15) is 4.39 Å². The second kappa shape index (κ2) is 9.16. The van der Waals surface area contributed by atoms with Crippen LogP contribution in [-0.2, 0) is 0 Å². The molecule has 2 aromatic carbocycles. The van der Waals surface area contributed by atoms with Gasteiger partial charge in [0.25, 0.3) is 0 Å². The van der Waals surface area contributed by atoms with Gasteiger partial charge in [-0.2, -0.15) is 15.5 Å². The maximum Gasteiger partial charge on any atom is 0.229 e. The third kappa shape index (κ3) is 5.08. The monoisotopic (exact) mass is 468 g/mol. The summed E-state index contributed by atoms with van der Waals surface area (Å²) in [7, 11) is 0. The van der Waals surface area contributed by atoms with E-state index in [1.54, 1.807) is 24.3 Å². The number of nitriles is 2. The number of hydrogen-bond donors (Lipinski definition) is 2.